The van der Waals surface area contributed by atoms with E-state index < -0.39 is 5.97 Å². The van der Waals surface area contributed by atoms with Crippen molar-refractivity contribution in [1.29, 1.82) is 0 Å². The van der Waals surface area contributed by atoms with Gasteiger partial charge in [0.15, 0.2) is 0 Å². The fourth-order valence-electron chi connectivity index (χ4n) is 11.8. The van der Waals surface area contributed by atoms with Gasteiger partial charge < -0.3 is 25.8 Å². The van der Waals surface area contributed by atoms with Crippen LogP contribution in [-0.4, -0.2) is 64.7 Å². The fourth-order valence-corrected chi connectivity index (χ4v) is 13.3. The van der Waals surface area contributed by atoms with E-state index in [1.54, 1.807) is 0 Å². The van der Waals surface area contributed by atoms with Gasteiger partial charge in [-0.3, -0.25) is 14.4 Å². The maximum absolute atomic E-state index is 12.8. The Labute approximate surface area is 285 Å². The quantitative estimate of drug-likeness (QED) is 0.103. The van der Waals surface area contributed by atoms with Crippen LogP contribution in [0, 0.1) is 46.3 Å². The van der Waals surface area contributed by atoms with E-state index in [0.29, 0.717) is 46.8 Å². The van der Waals surface area contributed by atoms with Crippen LogP contribution in [0.15, 0.2) is 0 Å². The van der Waals surface area contributed by atoms with Gasteiger partial charge in [0.05, 0.1) is 18.5 Å². The van der Waals surface area contributed by atoms with E-state index >= 15 is 0 Å². The Bertz CT molecular complexity index is 1180. The third kappa shape index (κ3) is 7.33. The van der Waals surface area contributed by atoms with E-state index in [1.807, 2.05) is 11.8 Å². The number of carbonyl (C=O) groups excluding carboxylic acids is 3. The normalized spacial score (nSPS) is 41.0. The number of rotatable bonds is 13. The summed E-state index contributed by atoms with van der Waals surface area (Å²) in [4.78, 5) is 47.9. The average molecular weight is 674 g/mol. The molecule has 264 valence electrons. The first-order valence-corrected chi connectivity index (χ1v) is 19.9. The first kappa shape index (κ1) is 34.9. The number of fused-ring (bicyclic) bond motifs is 6. The largest absolute Gasteiger partial charge is 0.481 e. The maximum atomic E-state index is 12.8. The maximum Gasteiger partial charge on any atom is 0.315 e. The van der Waals surface area contributed by atoms with E-state index in [1.165, 1.54) is 38.5 Å². The molecule has 0 radical (unpaired) electrons. The summed E-state index contributed by atoms with van der Waals surface area (Å²) >= 11 is 1.90. The molecule has 0 spiro atoms. The lowest BCUT2D eigenvalue weighted by Gasteiger charge is -2.61. The molecular formula is C37H59N3O6S. The highest BCUT2D eigenvalue weighted by molar-refractivity contribution is 8.00. The molecule has 2 heterocycles. The molecule has 47 heavy (non-hydrogen) atoms. The number of carboxylic acids is 1. The molecule has 9 nitrogen and oxygen atoms in total. The molecule has 4 aliphatic carbocycles. The number of hydrogen-bond acceptors (Lipinski definition) is 6. The third-order valence-corrected chi connectivity index (χ3v) is 15.7. The molecule has 6 aliphatic rings. The minimum Gasteiger partial charge on any atom is -0.481 e. The summed E-state index contributed by atoms with van der Waals surface area (Å²) < 4.78 is 6.00. The number of hydrogen-bond donors (Lipinski definition) is 4. The van der Waals surface area contributed by atoms with Gasteiger partial charge in [-0.05, 0) is 123 Å². The van der Waals surface area contributed by atoms with Gasteiger partial charge in [0.25, 0.3) is 0 Å². The number of esters is 1. The molecule has 2 saturated heterocycles. The summed E-state index contributed by atoms with van der Waals surface area (Å²) in [5.74, 6) is 4.06. The van der Waals surface area contributed by atoms with Crippen molar-refractivity contribution in [3.8, 4) is 0 Å². The van der Waals surface area contributed by atoms with Crippen LogP contribution in [0.1, 0.15) is 124 Å². The number of nitrogens with one attached hydrogen (secondary N) is 3. The van der Waals surface area contributed by atoms with Gasteiger partial charge in [-0.2, -0.15) is 11.8 Å². The molecule has 2 aliphatic heterocycles. The first-order chi connectivity index (χ1) is 22.5. The lowest BCUT2D eigenvalue weighted by Crippen LogP contribution is -2.54. The number of unbranched alkanes of at least 4 members (excludes halogenated alkanes) is 1. The van der Waals surface area contributed by atoms with Crippen molar-refractivity contribution < 1.29 is 29.0 Å². The first-order valence-electron chi connectivity index (χ1n) is 18.8. The Morgan fingerprint density at radius 3 is 2.57 bits per heavy atom. The monoisotopic (exact) mass is 673 g/mol. The van der Waals surface area contributed by atoms with Crippen molar-refractivity contribution in [2.45, 2.75) is 147 Å². The van der Waals surface area contributed by atoms with Crippen molar-refractivity contribution in [3.63, 3.8) is 0 Å². The molecule has 0 aromatic heterocycles. The molecule has 4 saturated carbocycles. The van der Waals surface area contributed by atoms with Crippen molar-refractivity contribution in [2.75, 3.05) is 12.3 Å². The molecule has 6 rings (SSSR count). The van der Waals surface area contributed by atoms with Crippen LogP contribution >= 0.6 is 11.8 Å². The van der Waals surface area contributed by atoms with Crippen LogP contribution in [0.3, 0.4) is 0 Å². The van der Waals surface area contributed by atoms with Crippen molar-refractivity contribution in [3.05, 3.63) is 0 Å². The number of carbonyl (C=O) groups is 4. The highest BCUT2D eigenvalue weighted by Gasteiger charge is 2.60. The lowest BCUT2D eigenvalue weighted by atomic mass is 9.44. The van der Waals surface area contributed by atoms with E-state index in [0.717, 1.165) is 68.5 Å². The smallest absolute Gasteiger partial charge is 0.315 e. The zero-order valence-electron chi connectivity index (χ0n) is 28.9. The topological polar surface area (TPSA) is 134 Å². The van der Waals surface area contributed by atoms with E-state index in [-0.39, 0.29) is 48.9 Å². The molecule has 0 aromatic rings. The summed E-state index contributed by atoms with van der Waals surface area (Å²) in [7, 11) is 0. The van der Waals surface area contributed by atoms with Gasteiger partial charge in [-0.1, -0.05) is 27.2 Å². The second-order valence-corrected chi connectivity index (χ2v) is 17.9. The van der Waals surface area contributed by atoms with Crippen molar-refractivity contribution in [2.24, 2.45) is 46.3 Å². The Hall–Kier alpha value is -1.97. The lowest BCUT2D eigenvalue weighted by molar-refractivity contribution is -0.162. The zero-order chi connectivity index (χ0) is 33.3. The van der Waals surface area contributed by atoms with E-state index in [9.17, 15) is 24.3 Å². The van der Waals surface area contributed by atoms with Gasteiger partial charge >= 0.3 is 18.0 Å². The van der Waals surface area contributed by atoms with Gasteiger partial charge in [0, 0.05) is 30.4 Å². The highest BCUT2D eigenvalue weighted by atomic mass is 32.2. The molecule has 3 amide bonds. The Kier molecular flexibility index (Phi) is 10.7. The van der Waals surface area contributed by atoms with Crippen LogP contribution in [0.2, 0.25) is 0 Å². The number of thioether (sulfide) groups is 1. The van der Waals surface area contributed by atoms with Crippen LogP contribution in [0.25, 0.3) is 0 Å². The van der Waals surface area contributed by atoms with Gasteiger partial charge in [-0.25, -0.2) is 4.79 Å². The summed E-state index contributed by atoms with van der Waals surface area (Å²) in [5, 5.41) is 18.6. The molecule has 10 heteroatoms. The minimum atomic E-state index is -0.671. The second-order valence-electron chi connectivity index (χ2n) is 16.6. The average Bonchev–Trinajstić information content (AvgIpc) is 3.70. The molecule has 0 aromatic carbocycles. The number of amides is 3. The van der Waals surface area contributed by atoms with Crippen molar-refractivity contribution in [1.82, 2.24) is 16.0 Å². The van der Waals surface area contributed by atoms with E-state index in [4.69, 9.17) is 4.74 Å². The minimum absolute atomic E-state index is 0.0114. The number of urea groups is 1. The molecule has 12 atom stereocenters. The SMILES string of the molecule is C[C@H](CCC(=O)O)[C@H]1CC[C@H]2[C@@H]3CCC4CC(OC(=O)CCNC(=O)CCCC[C@@H]5SC[C@@H]6NC(=O)N[C@@H]65)CC[C@]4(C)[C@H]3CC[C@]12C. The van der Waals surface area contributed by atoms with Crippen molar-refractivity contribution >= 4 is 35.6 Å². The molecule has 2 unspecified atom stereocenters. The molecule has 0 bridgehead atoms. The Morgan fingerprint density at radius 1 is 0.979 bits per heavy atom. The molecular weight excluding hydrogens is 614 g/mol. The van der Waals surface area contributed by atoms with Gasteiger partial charge in [0.2, 0.25) is 5.91 Å². The Balaban J connectivity index is 0.892. The predicted octanol–water partition coefficient (Wildman–Crippen LogP) is 6.29. The summed E-state index contributed by atoms with van der Waals surface area (Å²) in [5.41, 5.74) is 0.658. The van der Waals surface area contributed by atoms with Crippen LogP contribution in [-0.2, 0) is 19.1 Å². The number of carboxylic acid groups (broad SMARTS) is 1. The standard InChI is InChI=1S/C37H59N3O6S/c1-22(8-13-32(42)43)26-11-12-27-25-10-9-23-20-24(14-17-36(23,2)28(25)15-18-37(26,27)3)46-33(44)16-19-38-31(41)7-5-4-6-30-34-29(21-47-30)39-35(45)40-34/h22-30,34H,4-21H2,1-3H3,(H,38,41)(H,42,43)(H2,39,40,45)/t22-,23?,24?,25+,26-,27+,28+,29+,30+,34+,36+,37-/m1/s1. The fraction of sp³-hybridized carbons (Fsp3) is 0.892. The predicted molar refractivity (Wildman–Crippen MR) is 183 cm³/mol. The molecule has 6 fully saturated rings. The van der Waals surface area contributed by atoms with E-state index in [2.05, 4.69) is 36.7 Å². The third-order valence-electron chi connectivity index (χ3n) is 14.2. The Morgan fingerprint density at radius 2 is 1.77 bits per heavy atom. The van der Waals surface area contributed by atoms with Gasteiger partial charge in [-0.15, -0.1) is 0 Å². The van der Waals surface area contributed by atoms with Crippen LogP contribution in [0.5, 0.6) is 0 Å². The summed E-state index contributed by atoms with van der Waals surface area (Å²) in [6.07, 6.45) is 15.1. The zero-order valence-corrected chi connectivity index (χ0v) is 29.7. The summed E-state index contributed by atoms with van der Waals surface area (Å²) in [6.45, 7) is 7.70. The highest BCUT2D eigenvalue weighted by Crippen LogP contribution is 2.68. The van der Waals surface area contributed by atoms with Gasteiger partial charge in [0.1, 0.15) is 6.10 Å². The summed E-state index contributed by atoms with van der Waals surface area (Å²) in [6, 6.07) is 0.375. The second kappa shape index (κ2) is 14.5. The number of ether oxygens (including phenoxy) is 1. The number of aliphatic carboxylic acids is 1. The molecule has 4 N–H and O–H groups in total. The van der Waals surface area contributed by atoms with Crippen LogP contribution in [0.4, 0.5) is 4.79 Å². The van der Waals surface area contributed by atoms with Crippen LogP contribution < -0.4 is 16.0 Å².